The van der Waals surface area contributed by atoms with Crippen molar-refractivity contribution in [1.82, 2.24) is 20.6 Å². The Morgan fingerprint density at radius 2 is 1.90 bits per heavy atom. The average molecular weight is 455 g/mol. The molecule has 2 aromatic heterocycles. The van der Waals surface area contributed by atoms with Gasteiger partial charge in [-0.3, -0.25) is 20.4 Å². The molecule has 0 aliphatic heterocycles. The number of nitrogens with one attached hydrogen (secondary N) is 2. The molecule has 0 atom stereocenters. The van der Waals surface area contributed by atoms with Crippen molar-refractivity contribution < 1.29 is 22.8 Å². The smallest absolute Gasteiger partial charge is 0.267 e. The zero-order chi connectivity index (χ0) is 21.5. The van der Waals surface area contributed by atoms with Crippen LogP contribution in [0.15, 0.2) is 36.5 Å². The minimum atomic E-state index is -4.87. The van der Waals surface area contributed by atoms with Gasteiger partial charge in [0.15, 0.2) is 5.69 Å². The highest BCUT2D eigenvalue weighted by Crippen LogP contribution is 2.34. The van der Waals surface area contributed by atoms with E-state index in [4.69, 9.17) is 11.6 Å². The molecule has 1 aliphatic carbocycles. The van der Waals surface area contributed by atoms with Gasteiger partial charge >= 0.3 is 6.18 Å². The number of hydrogen-bond donors (Lipinski definition) is 2. The summed E-state index contributed by atoms with van der Waals surface area (Å²) in [5, 5.41) is 3.92. The Kier molecular flexibility index (Phi) is 5.29. The molecule has 0 saturated heterocycles. The van der Waals surface area contributed by atoms with Gasteiger partial charge in [-0.15, -0.1) is 11.3 Å². The summed E-state index contributed by atoms with van der Waals surface area (Å²) >= 11 is 7.17. The number of halogens is 4. The van der Waals surface area contributed by atoms with Crippen LogP contribution in [0, 0.1) is 0 Å². The SMILES string of the molecule is O=C(NNC(=O)c1cnn(-c2cccc(Cl)c2)c1C(F)(F)F)c1cc2c(s1)CCC2. The van der Waals surface area contributed by atoms with Gasteiger partial charge in [0.2, 0.25) is 0 Å². The highest BCUT2D eigenvalue weighted by Gasteiger charge is 2.40. The largest absolute Gasteiger partial charge is 0.434 e. The summed E-state index contributed by atoms with van der Waals surface area (Å²) in [6.45, 7) is 0. The highest BCUT2D eigenvalue weighted by atomic mass is 35.5. The molecule has 11 heteroatoms. The summed E-state index contributed by atoms with van der Waals surface area (Å²) in [4.78, 5) is 26.2. The number of hydrazine groups is 1. The first-order valence-corrected chi connectivity index (χ1v) is 10.1. The van der Waals surface area contributed by atoms with Crippen molar-refractivity contribution in [1.29, 1.82) is 0 Å². The number of fused-ring (bicyclic) bond motifs is 1. The van der Waals surface area contributed by atoms with E-state index in [0.717, 1.165) is 35.9 Å². The molecule has 0 spiro atoms. The van der Waals surface area contributed by atoms with Gasteiger partial charge in [0.1, 0.15) is 0 Å². The summed E-state index contributed by atoms with van der Waals surface area (Å²) in [5.74, 6) is -1.72. The first-order chi connectivity index (χ1) is 14.2. The number of aromatic nitrogens is 2. The standard InChI is InChI=1S/C19H14ClF3N4O2S/c20-11-4-2-5-12(8-11)27-16(19(21,22)23)13(9-24-27)17(28)25-26-18(29)15-7-10-3-1-6-14(10)30-15/h2,4-5,7-9H,1,3,6H2,(H,25,28)(H,26,29). The number of carbonyl (C=O) groups is 2. The summed E-state index contributed by atoms with van der Waals surface area (Å²) in [6, 6.07) is 7.40. The van der Waals surface area contributed by atoms with Gasteiger partial charge in [-0.1, -0.05) is 17.7 Å². The number of aryl methyl sites for hydroxylation is 2. The van der Waals surface area contributed by atoms with Crippen molar-refractivity contribution in [3.63, 3.8) is 0 Å². The monoisotopic (exact) mass is 454 g/mol. The lowest BCUT2D eigenvalue weighted by Gasteiger charge is -2.13. The van der Waals surface area contributed by atoms with Crippen molar-refractivity contribution in [2.24, 2.45) is 0 Å². The van der Waals surface area contributed by atoms with Gasteiger partial charge in [0, 0.05) is 9.90 Å². The Morgan fingerprint density at radius 3 is 2.60 bits per heavy atom. The molecule has 0 radical (unpaired) electrons. The van der Waals surface area contributed by atoms with Gasteiger partial charge in [-0.25, -0.2) is 4.68 Å². The minimum absolute atomic E-state index is 0.0472. The fourth-order valence-corrected chi connectivity index (χ4v) is 4.61. The molecule has 1 aromatic carbocycles. The molecule has 30 heavy (non-hydrogen) atoms. The predicted octanol–water partition coefficient (Wildman–Crippen LogP) is 4.17. The molecule has 2 N–H and O–H groups in total. The molecule has 0 bridgehead atoms. The Morgan fingerprint density at radius 1 is 1.13 bits per heavy atom. The molecule has 156 valence electrons. The maximum Gasteiger partial charge on any atom is 0.434 e. The average Bonchev–Trinajstić information content (AvgIpc) is 3.39. The van der Waals surface area contributed by atoms with Crippen molar-refractivity contribution in [2.75, 3.05) is 0 Å². The van der Waals surface area contributed by atoms with Crippen molar-refractivity contribution in [2.45, 2.75) is 25.4 Å². The van der Waals surface area contributed by atoms with Gasteiger partial charge in [-0.05, 0) is 49.1 Å². The molecule has 3 aromatic rings. The van der Waals surface area contributed by atoms with E-state index < -0.39 is 29.2 Å². The van der Waals surface area contributed by atoms with Crippen LogP contribution in [0.3, 0.4) is 0 Å². The predicted molar refractivity (Wildman–Crippen MR) is 105 cm³/mol. The second-order valence-electron chi connectivity index (χ2n) is 6.62. The summed E-state index contributed by atoms with van der Waals surface area (Å²) in [7, 11) is 0. The van der Waals surface area contributed by atoms with E-state index in [1.54, 1.807) is 6.07 Å². The molecule has 1 aliphatic rings. The van der Waals surface area contributed by atoms with E-state index in [0.29, 0.717) is 9.56 Å². The molecule has 4 rings (SSSR count). The lowest BCUT2D eigenvalue weighted by Crippen LogP contribution is -2.42. The number of benzene rings is 1. The normalized spacial score (nSPS) is 13.2. The first-order valence-electron chi connectivity index (χ1n) is 8.87. The fourth-order valence-electron chi connectivity index (χ4n) is 3.27. The molecule has 6 nitrogen and oxygen atoms in total. The maximum absolute atomic E-state index is 13.7. The van der Waals surface area contributed by atoms with Crippen LogP contribution in [0.1, 0.15) is 42.6 Å². The number of alkyl halides is 3. The summed E-state index contributed by atoms with van der Waals surface area (Å²) in [5.41, 5.74) is 3.35. The van der Waals surface area contributed by atoms with Gasteiger partial charge in [0.05, 0.1) is 22.3 Å². The lowest BCUT2D eigenvalue weighted by atomic mass is 10.2. The third kappa shape index (κ3) is 3.92. The number of carbonyl (C=O) groups excluding carboxylic acids is 2. The van der Waals surface area contributed by atoms with E-state index in [9.17, 15) is 22.8 Å². The van der Waals surface area contributed by atoms with Crippen LogP contribution in [0.4, 0.5) is 13.2 Å². The number of amides is 2. The van der Waals surface area contributed by atoms with Crippen molar-refractivity contribution >= 4 is 34.8 Å². The van der Waals surface area contributed by atoms with Crippen molar-refractivity contribution in [3.05, 3.63) is 68.1 Å². The number of nitrogens with zero attached hydrogens (tertiary/aromatic N) is 2. The Balaban J connectivity index is 1.55. The molecular weight excluding hydrogens is 441 g/mol. The van der Waals surface area contributed by atoms with Crippen LogP contribution in [0.2, 0.25) is 5.02 Å². The van der Waals surface area contributed by atoms with E-state index in [2.05, 4.69) is 10.5 Å². The van der Waals surface area contributed by atoms with Gasteiger partial charge < -0.3 is 0 Å². The zero-order valence-electron chi connectivity index (χ0n) is 15.2. The second kappa shape index (κ2) is 7.77. The summed E-state index contributed by atoms with van der Waals surface area (Å²) in [6.07, 6.45) is -1.24. The van der Waals surface area contributed by atoms with E-state index in [1.807, 2.05) is 5.43 Å². The number of rotatable bonds is 3. The summed E-state index contributed by atoms with van der Waals surface area (Å²) < 4.78 is 41.6. The van der Waals surface area contributed by atoms with Crippen molar-refractivity contribution in [3.8, 4) is 5.69 Å². The van der Waals surface area contributed by atoms with Gasteiger partial charge in [-0.2, -0.15) is 18.3 Å². The Bertz CT molecular complexity index is 1120. The van der Waals surface area contributed by atoms with Crippen LogP contribution >= 0.6 is 22.9 Å². The molecule has 0 fully saturated rings. The van der Waals surface area contributed by atoms with Crippen LogP contribution in [0.25, 0.3) is 5.69 Å². The van der Waals surface area contributed by atoms with Crippen LogP contribution in [-0.2, 0) is 19.0 Å². The zero-order valence-corrected chi connectivity index (χ0v) is 16.8. The molecular formula is C19H14ClF3N4O2S. The Hall–Kier alpha value is -2.85. The van der Waals surface area contributed by atoms with Gasteiger partial charge in [0.25, 0.3) is 11.8 Å². The van der Waals surface area contributed by atoms with Crippen LogP contribution in [0.5, 0.6) is 0 Å². The molecule has 0 unspecified atom stereocenters. The molecule has 0 saturated carbocycles. The highest BCUT2D eigenvalue weighted by molar-refractivity contribution is 7.14. The fraction of sp³-hybridized carbons (Fsp3) is 0.211. The number of thiophene rings is 1. The number of hydrogen-bond acceptors (Lipinski definition) is 4. The maximum atomic E-state index is 13.7. The third-order valence-electron chi connectivity index (χ3n) is 4.60. The quantitative estimate of drug-likeness (QED) is 0.583. The van der Waals surface area contributed by atoms with E-state index in [-0.39, 0.29) is 10.7 Å². The van der Waals surface area contributed by atoms with Crippen LogP contribution < -0.4 is 10.9 Å². The first kappa shape index (κ1) is 20.4. The van der Waals surface area contributed by atoms with E-state index in [1.165, 1.54) is 35.6 Å². The van der Waals surface area contributed by atoms with Crippen LogP contribution in [-0.4, -0.2) is 21.6 Å². The second-order valence-corrected chi connectivity index (χ2v) is 8.19. The lowest BCUT2D eigenvalue weighted by molar-refractivity contribution is -0.143. The molecule has 2 amide bonds. The minimum Gasteiger partial charge on any atom is -0.267 e. The Labute approximate surface area is 177 Å². The van der Waals surface area contributed by atoms with E-state index >= 15 is 0 Å². The third-order valence-corrected chi connectivity index (χ3v) is 6.07. The topological polar surface area (TPSA) is 76.0 Å². The molecule has 2 heterocycles.